The van der Waals surface area contributed by atoms with Gasteiger partial charge in [0, 0.05) is 0 Å². The monoisotopic (exact) mass is 614 g/mol. The first-order valence-corrected chi connectivity index (χ1v) is 16.6. The summed E-state index contributed by atoms with van der Waals surface area (Å²) in [5.74, 6) is -3.65. The Kier molecular flexibility index (Phi) is 12.6. The Labute approximate surface area is 260 Å². The van der Waals surface area contributed by atoms with Crippen molar-refractivity contribution in [2.24, 2.45) is 0 Å². The van der Waals surface area contributed by atoms with Crippen LogP contribution in [-0.4, -0.2) is 22.2 Å². The van der Waals surface area contributed by atoms with Gasteiger partial charge in [-0.05, 0) is 47.7 Å². The van der Waals surface area contributed by atoms with Crippen LogP contribution in [0.1, 0.15) is 0 Å². The van der Waals surface area contributed by atoms with Gasteiger partial charge in [-0.2, -0.15) is 0 Å². The molecule has 6 heteroatoms. The van der Waals surface area contributed by atoms with E-state index in [1.54, 1.807) is 0 Å². The lowest BCUT2D eigenvalue weighted by atomic mass is 10.4. The van der Waals surface area contributed by atoms with Gasteiger partial charge in [0.2, 0.25) is 0 Å². The summed E-state index contributed by atoms with van der Waals surface area (Å²) in [5, 5.41) is 23.2. The molecule has 0 saturated heterocycles. The van der Waals surface area contributed by atoms with Crippen LogP contribution in [-0.2, 0) is 9.59 Å². The molecule has 4 nitrogen and oxygen atoms in total. The van der Waals surface area contributed by atoms with Gasteiger partial charge in [0.25, 0.3) is 0 Å². The van der Waals surface area contributed by atoms with E-state index >= 15 is 0 Å². The fourth-order valence-electron chi connectivity index (χ4n) is 4.36. The maximum Gasteiger partial charge on any atom is 0.414 e. The number of hydrogen-bond donors (Lipinski definition) is 2. The molecule has 0 radical (unpaired) electrons. The summed E-state index contributed by atoms with van der Waals surface area (Å²) in [5.41, 5.74) is 0. The third-order valence-electron chi connectivity index (χ3n) is 6.27. The van der Waals surface area contributed by atoms with Crippen LogP contribution in [0, 0.1) is 0 Å². The Hall–Kier alpha value is -4.88. The van der Waals surface area contributed by atoms with E-state index in [-0.39, 0.29) is 0 Å². The highest BCUT2D eigenvalue weighted by Gasteiger charge is 2.16. The van der Waals surface area contributed by atoms with Crippen molar-refractivity contribution in [3.8, 4) is 0 Å². The molecule has 0 aliphatic heterocycles. The van der Waals surface area contributed by atoms with Crippen LogP contribution in [0.4, 0.5) is 0 Å². The molecule has 0 fully saturated rings. The Morgan fingerprint density at radius 2 is 0.432 bits per heavy atom. The summed E-state index contributed by atoms with van der Waals surface area (Å²) < 4.78 is 0. The van der Waals surface area contributed by atoms with Crippen LogP contribution < -0.4 is 31.8 Å². The molecule has 6 aromatic carbocycles. The molecule has 0 saturated carbocycles. The third kappa shape index (κ3) is 9.57. The van der Waals surface area contributed by atoms with E-state index in [9.17, 15) is 0 Å². The summed E-state index contributed by atoms with van der Waals surface area (Å²) in [6.45, 7) is 0. The first-order valence-electron chi connectivity index (χ1n) is 13.9. The predicted octanol–water partition coefficient (Wildman–Crippen LogP) is 6.05. The Balaban J connectivity index is 0.000000170. The first kappa shape index (κ1) is 32.0. The van der Waals surface area contributed by atoms with E-state index in [0.717, 1.165) is 0 Å². The van der Waals surface area contributed by atoms with Crippen molar-refractivity contribution in [3.63, 3.8) is 0 Å². The molecule has 218 valence electrons. The Morgan fingerprint density at radius 1 is 0.295 bits per heavy atom. The number of carboxylic acid groups (broad SMARTS) is 2. The number of hydrogen-bond acceptors (Lipinski definition) is 2. The summed E-state index contributed by atoms with van der Waals surface area (Å²) >= 11 is 0. The molecular formula is C38H32O4P2. The molecule has 0 bridgehead atoms. The summed E-state index contributed by atoms with van der Waals surface area (Å²) in [4.78, 5) is 18.2. The maximum atomic E-state index is 9.10. The average Bonchev–Trinajstić information content (AvgIpc) is 3.09. The lowest BCUT2D eigenvalue weighted by molar-refractivity contribution is -0.159. The summed E-state index contributed by atoms with van der Waals surface area (Å²) in [7, 11) is -0.892. The minimum absolute atomic E-state index is 0.446. The van der Waals surface area contributed by atoms with Crippen molar-refractivity contribution in [2.45, 2.75) is 0 Å². The van der Waals surface area contributed by atoms with Gasteiger partial charge in [-0.25, -0.2) is 9.59 Å². The van der Waals surface area contributed by atoms with Gasteiger partial charge in [-0.3, -0.25) is 0 Å². The van der Waals surface area contributed by atoms with E-state index in [1.165, 1.54) is 31.8 Å². The van der Waals surface area contributed by atoms with Gasteiger partial charge in [0.1, 0.15) is 0 Å². The standard InChI is InChI=1S/2C18H15P.C2H2O4/c2*1-4-10-16(11-5-1)19(17-12-6-2-7-13-17)18-14-8-3-9-15-18;3-1(4)2(5)6/h2*1-15H;(H,3,4)(H,5,6). The van der Waals surface area contributed by atoms with Gasteiger partial charge >= 0.3 is 11.9 Å². The second-order valence-electron chi connectivity index (χ2n) is 9.29. The SMILES string of the molecule is O=C(O)C(=O)O.c1ccc(P(c2ccccc2)c2ccccc2)cc1.c1ccc(P(c2ccccc2)c2ccccc2)cc1. The molecular weight excluding hydrogens is 582 g/mol. The Morgan fingerprint density at radius 3 is 0.545 bits per heavy atom. The van der Waals surface area contributed by atoms with Crippen molar-refractivity contribution in [3.05, 3.63) is 182 Å². The van der Waals surface area contributed by atoms with Crippen LogP contribution in [0.25, 0.3) is 0 Å². The molecule has 0 spiro atoms. The molecule has 0 aliphatic carbocycles. The topological polar surface area (TPSA) is 74.6 Å². The first-order chi connectivity index (χ1) is 21.5. The van der Waals surface area contributed by atoms with Crippen LogP contribution in [0.5, 0.6) is 0 Å². The second kappa shape index (κ2) is 17.3. The molecule has 0 aromatic heterocycles. The van der Waals surface area contributed by atoms with Gasteiger partial charge in [-0.1, -0.05) is 182 Å². The zero-order valence-electron chi connectivity index (χ0n) is 23.9. The molecule has 6 rings (SSSR count). The molecule has 44 heavy (non-hydrogen) atoms. The fourth-order valence-corrected chi connectivity index (χ4v) is 8.97. The van der Waals surface area contributed by atoms with E-state index in [1.807, 2.05) is 0 Å². The van der Waals surface area contributed by atoms with E-state index in [2.05, 4.69) is 182 Å². The smallest absolute Gasteiger partial charge is 0.414 e. The number of benzene rings is 6. The van der Waals surface area contributed by atoms with Crippen molar-refractivity contribution < 1.29 is 19.8 Å². The minimum Gasteiger partial charge on any atom is -0.473 e. The quantitative estimate of drug-likeness (QED) is 0.177. The number of rotatable bonds is 6. The van der Waals surface area contributed by atoms with E-state index in [4.69, 9.17) is 19.8 Å². The molecule has 0 heterocycles. The number of aliphatic carboxylic acids is 2. The van der Waals surface area contributed by atoms with Gasteiger partial charge in [-0.15, -0.1) is 0 Å². The molecule has 2 N–H and O–H groups in total. The minimum atomic E-state index is -1.82. The van der Waals surface area contributed by atoms with Gasteiger partial charge in [0.05, 0.1) is 0 Å². The van der Waals surface area contributed by atoms with Gasteiger partial charge in [0.15, 0.2) is 0 Å². The highest BCUT2D eigenvalue weighted by atomic mass is 31.1. The summed E-state index contributed by atoms with van der Waals surface area (Å²) in [6, 6.07) is 64.7. The second-order valence-corrected chi connectivity index (χ2v) is 13.7. The zero-order valence-corrected chi connectivity index (χ0v) is 25.7. The van der Waals surface area contributed by atoms with Gasteiger partial charge < -0.3 is 10.2 Å². The van der Waals surface area contributed by atoms with Crippen LogP contribution in [0.15, 0.2) is 182 Å². The lowest BCUT2D eigenvalue weighted by Gasteiger charge is -2.18. The highest BCUT2D eigenvalue weighted by Crippen LogP contribution is 2.33. The van der Waals surface area contributed by atoms with Crippen LogP contribution in [0.2, 0.25) is 0 Å². The normalized spacial score (nSPS) is 10.1. The average molecular weight is 615 g/mol. The highest BCUT2D eigenvalue weighted by molar-refractivity contribution is 7.80. The number of carboxylic acids is 2. The van der Waals surface area contributed by atoms with Crippen molar-refractivity contribution >= 4 is 59.6 Å². The van der Waals surface area contributed by atoms with Crippen LogP contribution >= 0.6 is 15.8 Å². The fraction of sp³-hybridized carbons (Fsp3) is 0. The molecule has 0 aliphatic rings. The molecule has 0 amide bonds. The number of carbonyl (C=O) groups is 2. The van der Waals surface area contributed by atoms with Crippen LogP contribution in [0.3, 0.4) is 0 Å². The molecule has 0 atom stereocenters. The Bertz CT molecular complexity index is 1370. The summed E-state index contributed by atoms with van der Waals surface area (Å²) in [6.07, 6.45) is 0. The zero-order chi connectivity index (χ0) is 31.0. The van der Waals surface area contributed by atoms with E-state index < -0.39 is 27.8 Å². The van der Waals surface area contributed by atoms with E-state index in [0.29, 0.717) is 0 Å². The predicted molar refractivity (Wildman–Crippen MR) is 186 cm³/mol. The van der Waals surface area contributed by atoms with Crippen molar-refractivity contribution in [1.29, 1.82) is 0 Å². The third-order valence-corrected chi connectivity index (χ3v) is 11.2. The lowest BCUT2D eigenvalue weighted by Crippen LogP contribution is -2.20. The van der Waals surface area contributed by atoms with Crippen molar-refractivity contribution in [1.82, 2.24) is 0 Å². The van der Waals surface area contributed by atoms with Crippen molar-refractivity contribution in [2.75, 3.05) is 0 Å². The largest absolute Gasteiger partial charge is 0.473 e. The molecule has 0 unspecified atom stereocenters. The molecule has 6 aromatic rings. The maximum absolute atomic E-state index is 9.10.